The number of carbonyl (C=O) groups excluding carboxylic acids is 1. The summed E-state index contributed by atoms with van der Waals surface area (Å²) in [5, 5.41) is 2.82. The van der Waals surface area contributed by atoms with Crippen LogP contribution in [0.3, 0.4) is 0 Å². The highest BCUT2D eigenvalue weighted by Crippen LogP contribution is 2.11. The molecule has 0 aliphatic carbocycles. The number of hydrogen-bond donors (Lipinski definition) is 0. The summed E-state index contributed by atoms with van der Waals surface area (Å²) in [6.07, 6.45) is 7.34. The van der Waals surface area contributed by atoms with Crippen molar-refractivity contribution in [2.24, 2.45) is 5.18 Å². The van der Waals surface area contributed by atoms with Crippen molar-refractivity contribution in [1.29, 1.82) is 0 Å². The van der Waals surface area contributed by atoms with E-state index in [1.807, 2.05) is 0 Å². The van der Waals surface area contributed by atoms with Gasteiger partial charge in [-0.1, -0.05) is 50.6 Å². The first-order valence-electron chi connectivity index (χ1n) is 6.25. The SMILES string of the molecule is CCCCCCCCC(N=O)C(=O)OCC. The molecule has 0 fully saturated rings. The van der Waals surface area contributed by atoms with Gasteiger partial charge in [-0.3, -0.25) is 0 Å². The monoisotopic (exact) mass is 229 g/mol. The molecule has 0 aromatic rings. The van der Waals surface area contributed by atoms with Crippen LogP contribution >= 0.6 is 0 Å². The Morgan fingerprint density at radius 2 is 1.75 bits per heavy atom. The highest BCUT2D eigenvalue weighted by Gasteiger charge is 2.19. The Morgan fingerprint density at radius 3 is 2.31 bits per heavy atom. The van der Waals surface area contributed by atoms with E-state index in [4.69, 9.17) is 4.74 Å². The van der Waals surface area contributed by atoms with Crippen LogP contribution in [0.5, 0.6) is 0 Å². The Bertz CT molecular complexity index is 195. The lowest BCUT2D eigenvalue weighted by Crippen LogP contribution is -2.20. The first kappa shape index (κ1) is 15.1. The number of nitrogens with zero attached hydrogens (tertiary/aromatic N) is 1. The van der Waals surface area contributed by atoms with Gasteiger partial charge in [0, 0.05) is 0 Å². The van der Waals surface area contributed by atoms with E-state index in [0.29, 0.717) is 13.0 Å². The number of ether oxygens (including phenoxy) is 1. The minimum Gasteiger partial charge on any atom is -0.464 e. The van der Waals surface area contributed by atoms with Crippen molar-refractivity contribution in [3.05, 3.63) is 4.91 Å². The minimum absolute atomic E-state index is 0.307. The predicted octanol–water partition coefficient (Wildman–Crippen LogP) is 3.44. The molecule has 0 saturated heterocycles. The summed E-state index contributed by atoms with van der Waals surface area (Å²) in [5.41, 5.74) is 0. The lowest BCUT2D eigenvalue weighted by atomic mass is 10.1. The molecule has 4 nitrogen and oxygen atoms in total. The van der Waals surface area contributed by atoms with Crippen LogP contribution in [0.1, 0.15) is 58.8 Å². The molecule has 0 amide bonds. The van der Waals surface area contributed by atoms with Crippen LogP contribution in [0.25, 0.3) is 0 Å². The molecule has 0 aliphatic heterocycles. The van der Waals surface area contributed by atoms with Gasteiger partial charge >= 0.3 is 5.97 Å². The van der Waals surface area contributed by atoms with Crippen LogP contribution in [0.2, 0.25) is 0 Å². The number of esters is 1. The van der Waals surface area contributed by atoms with Crippen LogP contribution in [-0.4, -0.2) is 18.6 Å². The van der Waals surface area contributed by atoms with E-state index >= 15 is 0 Å². The summed E-state index contributed by atoms with van der Waals surface area (Å²) in [4.78, 5) is 21.7. The van der Waals surface area contributed by atoms with Crippen LogP contribution in [0.4, 0.5) is 0 Å². The number of hydrogen-bond acceptors (Lipinski definition) is 4. The van der Waals surface area contributed by atoms with Crippen molar-refractivity contribution in [1.82, 2.24) is 0 Å². The second-order valence-electron chi connectivity index (χ2n) is 3.93. The molecular weight excluding hydrogens is 206 g/mol. The summed E-state index contributed by atoms with van der Waals surface area (Å²) >= 11 is 0. The van der Waals surface area contributed by atoms with Crippen molar-refractivity contribution < 1.29 is 9.53 Å². The van der Waals surface area contributed by atoms with Gasteiger partial charge in [0.05, 0.1) is 6.61 Å². The molecule has 16 heavy (non-hydrogen) atoms. The van der Waals surface area contributed by atoms with Crippen LogP contribution in [0, 0.1) is 4.91 Å². The normalized spacial score (nSPS) is 12.1. The van der Waals surface area contributed by atoms with Crippen molar-refractivity contribution in [3.63, 3.8) is 0 Å². The maximum absolute atomic E-state index is 11.2. The van der Waals surface area contributed by atoms with Gasteiger partial charge in [-0.25, -0.2) is 4.79 Å². The second kappa shape index (κ2) is 10.6. The van der Waals surface area contributed by atoms with E-state index in [2.05, 4.69) is 12.1 Å². The fourth-order valence-corrected chi connectivity index (χ4v) is 1.57. The Morgan fingerprint density at radius 1 is 1.12 bits per heavy atom. The molecule has 0 aromatic heterocycles. The van der Waals surface area contributed by atoms with E-state index in [0.717, 1.165) is 12.8 Å². The molecule has 0 spiro atoms. The van der Waals surface area contributed by atoms with Gasteiger partial charge in [-0.05, 0) is 13.3 Å². The highest BCUT2D eigenvalue weighted by molar-refractivity contribution is 5.75. The Labute approximate surface area is 97.7 Å². The fourth-order valence-electron chi connectivity index (χ4n) is 1.57. The average Bonchev–Trinajstić information content (AvgIpc) is 2.28. The molecule has 0 saturated carbocycles. The van der Waals surface area contributed by atoms with Crippen LogP contribution < -0.4 is 0 Å². The van der Waals surface area contributed by atoms with Crippen LogP contribution in [-0.2, 0) is 9.53 Å². The third-order valence-electron chi connectivity index (χ3n) is 2.52. The summed E-state index contributed by atoms with van der Waals surface area (Å²) in [7, 11) is 0. The summed E-state index contributed by atoms with van der Waals surface area (Å²) in [6.45, 7) is 4.21. The standard InChI is InChI=1S/C12H23NO3/c1-3-5-6-7-8-9-10-11(13-15)12(14)16-4-2/h11H,3-10H2,1-2H3. The van der Waals surface area contributed by atoms with Gasteiger partial charge in [-0.2, -0.15) is 0 Å². The van der Waals surface area contributed by atoms with E-state index in [-0.39, 0.29) is 0 Å². The summed E-state index contributed by atoms with van der Waals surface area (Å²) in [6, 6.07) is -0.800. The Kier molecular flexibility index (Phi) is 9.97. The zero-order valence-corrected chi connectivity index (χ0v) is 10.4. The van der Waals surface area contributed by atoms with E-state index < -0.39 is 12.0 Å². The predicted molar refractivity (Wildman–Crippen MR) is 64.2 cm³/mol. The average molecular weight is 229 g/mol. The Hall–Kier alpha value is -0.930. The number of nitroso groups, excluding NO2 is 1. The lowest BCUT2D eigenvalue weighted by Gasteiger charge is -2.07. The molecule has 1 atom stereocenters. The molecule has 0 heterocycles. The van der Waals surface area contributed by atoms with Gasteiger partial charge in [0.1, 0.15) is 0 Å². The third-order valence-corrected chi connectivity index (χ3v) is 2.52. The molecule has 4 heteroatoms. The molecule has 94 valence electrons. The van der Waals surface area contributed by atoms with Gasteiger partial charge in [-0.15, -0.1) is 4.91 Å². The minimum atomic E-state index is -0.800. The maximum Gasteiger partial charge on any atom is 0.334 e. The van der Waals surface area contributed by atoms with Gasteiger partial charge in [0.25, 0.3) is 0 Å². The zero-order valence-electron chi connectivity index (χ0n) is 10.4. The summed E-state index contributed by atoms with van der Waals surface area (Å²) < 4.78 is 4.76. The maximum atomic E-state index is 11.2. The first-order chi connectivity index (χ1) is 7.76. The zero-order chi connectivity index (χ0) is 12.2. The van der Waals surface area contributed by atoms with E-state index in [9.17, 15) is 9.70 Å². The van der Waals surface area contributed by atoms with Crippen LogP contribution in [0.15, 0.2) is 5.18 Å². The first-order valence-corrected chi connectivity index (χ1v) is 6.25. The molecule has 0 aliphatic rings. The largest absolute Gasteiger partial charge is 0.464 e. The molecule has 0 radical (unpaired) electrons. The Balaban J connectivity index is 3.55. The van der Waals surface area contributed by atoms with Crippen molar-refractivity contribution >= 4 is 5.97 Å². The second-order valence-corrected chi connectivity index (χ2v) is 3.93. The topological polar surface area (TPSA) is 55.7 Å². The van der Waals surface area contributed by atoms with Gasteiger partial charge in [0.2, 0.25) is 0 Å². The number of unbranched alkanes of at least 4 members (excludes halogenated alkanes) is 5. The number of rotatable bonds is 10. The fraction of sp³-hybridized carbons (Fsp3) is 0.917. The summed E-state index contributed by atoms with van der Waals surface area (Å²) in [5.74, 6) is -0.481. The van der Waals surface area contributed by atoms with Crippen molar-refractivity contribution in [2.75, 3.05) is 6.61 Å². The third kappa shape index (κ3) is 7.37. The highest BCUT2D eigenvalue weighted by atomic mass is 16.5. The quantitative estimate of drug-likeness (QED) is 0.327. The van der Waals surface area contributed by atoms with Crippen molar-refractivity contribution in [2.45, 2.75) is 64.8 Å². The molecule has 0 rings (SSSR count). The molecule has 0 bridgehead atoms. The number of carbonyl (C=O) groups is 1. The molecule has 0 aromatic carbocycles. The molecule has 1 unspecified atom stereocenters. The van der Waals surface area contributed by atoms with E-state index in [1.54, 1.807) is 6.92 Å². The molecular formula is C12H23NO3. The van der Waals surface area contributed by atoms with Gasteiger partial charge in [0.15, 0.2) is 6.04 Å². The van der Waals surface area contributed by atoms with Crippen molar-refractivity contribution in [3.8, 4) is 0 Å². The van der Waals surface area contributed by atoms with E-state index in [1.165, 1.54) is 25.7 Å². The lowest BCUT2D eigenvalue weighted by molar-refractivity contribution is -0.144. The molecule has 0 N–H and O–H groups in total. The smallest absolute Gasteiger partial charge is 0.334 e. The van der Waals surface area contributed by atoms with Gasteiger partial charge < -0.3 is 4.74 Å².